The van der Waals surface area contributed by atoms with Crippen LogP contribution >= 0.6 is 15.9 Å². The van der Waals surface area contributed by atoms with E-state index in [1.165, 1.54) is 59.8 Å². The SMILES string of the molecule is Cc1cc(NCC2CCCCCC2)cc(C)c1Br. The minimum absolute atomic E-state index is 0.872. The Morgan fingerprint density at radius 2 is 1.61 bits per heavy atom. The highest BCUT2D eigenvalue weighted by atomic mass is 79.9. The molecule has 1 saturated carbocycles. The molecule has 0 aromatic heterocycles. The van der Waals surface area contributed by atoms with Crippen molar-refractivity contribution in [1.82, 2.24) is 0 Å². The fourth-order valence-corrected chi connectivity index (χ4v) is 3.11. The first-order valence-electron chi connectivity index (χ1n) is 7.17. The lowest BCUT2D eigenvalue weighted by Gasteiger charge is -2.17. The molecule has 0 saturated heterocycles. The molecule has 0 spiro atoms. The van der Waals surface area contributed by atoms with Crippen molar-refractivity contribution >= 4 is 21.6 Å². The summed E-state index contributed by atoms with van der Waals surface area (Å²) in [5, 5.41) is 3.63. The van der Waals surface area contributed by atoms with E-state index in [4.69, 9.17) is 0 Å². The zero-order valence-electron chi connectivity index (χ0n) is 11.6. The smallest absolute Gasteiger partial charge is 0.0346 e. The Balaban J connectivity index is 1.93. The molecule has 0 bridgehead atoms. The van der Waals surface area contributed by atoms with Gasteiger partial charge in [-0.1, -0.05) is 41.6 Å². The van der Waals surface area contributed by atoms with Crippen molar-refractivity contribution in [2.45, 2.75) is 52.4 Å². The molecule has 0 aliphatic heterocycles. The molecule has 2 heteroatoms. The summed E-state index contributed by atoms with van der Waals surface area (Å²) in [6.07, 6.45) is 8.53. The van der Waals surface area contributed by atoms with E-state index in [0.717, 1.165) is 12.5 Å². The van der Waals surface area contributed by atoms with Crippen LogP contribution in [-0.4, -0.2) is 6.54 Å². The molecule has 18 heavy (non-hydrogen) atoms. The predicted molar refractivity (Wildman–Crippen MR) is 83.3 cm³/mol. The summed E-state index contributed by atoms with van der Waals surface area (Å²) in [6, 6.07) is 4.49. The number of aryl methyl sites for hydroxylation is 2. The average Bonchev–Trinajstić information content (AvgIpc) is 2.61. The van der Waals surface area contributed by atoms with E-state index in [9.17, 15) is 0 Å². The van der Waals surface area contributed by atoms with Crippen molar-refractivity contribution in [1.29, 1.82) is 0 Å². The van der Waals surface area contributed by atoms with Crippen molar-refractivity contribution in [3.05, 3.63) is 27.7 Å². The van der Waals surface area contributed by atoms with Crippen molar-refractivity contribution in [3.8, 4) is 0 Å². The second-order valence-electron chi connectivity index (χ2n) is 5.66. The van der Waals surface area contributed by atoms with Crippen LogP contribution in [0.4, 0.5) is 5.69 Å². The van der Waals surface area contributed by atoms with E-state index in [2.05, 4.69) is 47.2 Å². The second-order valence-corrected chi connectivity index (χ2v) is 6.46. The van der Waals surface area contributed by atoms with E-state index in [0.29, 0.717) is 0 Å². The third-order valence-corrected chi connectivity index (χ3v) is 5.26. The van der Waals surface area contributed by atoms with Gasteiger partial charge in [-0.15, -0.1) is 0 Å². The summed E-state index contributed by atoms with van der Waals surface area (Å²) in [6.45, 7) is 5.46. The minimum Gasteiger partial charge on any atom is -0.385 e. The molecule has 0 atom stereocenters. The number of nitrogens with one attached hydrogen (secondary N) is 1. The lowest BCUT2D eigenvalue weighted by molar-refractivity contribution is 0.483. The van der Waals surface area contributed by atoms with Crippen molar-refractivity contribution in [3.63, 3.8) is 0 Å². The Kier molecular flexibility index (Phi) is 5.11. The lowest BCUT2D eigenvalue weighted by atomic mass is 10.0. The first-order valence-corrected chi connectivity index (χ1v) is 7.96. The summed E-state index contributed by atoms with van der Waals surface area (Å²) < 4.78 is 1.24. The Hall–Kier alpha value is -0.500. The first kappa shape index (κ1) is 13.9. The summed E-state index contributed by atoms with van der Waals surface area (Å²) in [5.74, 6) is 0.872. The third kappa shape index (κ3) is 3.74. The van der Waals surface area contributed by atoms with Crippen LogP contribution in [0.5, 0.6) is 0 Å². The maximum absolute atomic E-state index is 3.63. The average molecular weight is 310 g/mol. The molecule has 2 rings (SSSR count). The summed E-state index contributed by atoms with van der Waals surface area (Å²) in [7, 11) is 0. The standard InChI is InChI=1S/C16H24BrN/c1-12-9-15(10-13(2)16(12)17)18-11-14-7-5-3-4-6-8-14/h9-10,14,18H,3-8,11H2,1-2H3. The van der Waals surface area contributed by atoms with E-state index in [1.54, 1.807) is 0 Å². The van der Waals surface area contributed by atoms with Gasteiger partial charge in [0.25, 0.3) is 0 Å². The lowest BCUT2D eigenvalue weighted by Crippen LogP contribution is -2.13. The molecule has 1 aromatic carbocycles. The molecular formula is C16H24BrN. The molecule has 1 aliphatic rings. The molecule has 1 aromatic rings. The van der Waals surface area contributed by atoms with Gasteiger partial charge < -0.3 is 5.32 Å². The normalized spacial score (nSPS) is 17.5. The fraction of sp³-hybridized carbons (Fsp3) is 0.625. The third-order valence-electron chi connectivity index (χ3n) is 4.01. The first-order chi connectivity index (χ1) is 8.66. The quantitative estimate of drug-likeness (QED) is 0.732. The number of hydrogen-bond acceptors (Lipinski definition) is 1. The van der Waals surface area contributed by atoms with Crippen molar-refractivity contribution in [2.75, 3.05) is 11.9 Å². The van der Waals surface area contributed by atoms with E-state index < -0.39 is 0 Å². The number of rotatable bonds is 3. The molecule has 1 nitrogen and oxygen atoms in total. The van der Waals surface area contributed by atoms with Gasteiger partial charge >= 0.3 is 0 Å². The van der Waals surface area contributed by atoms with Gasteiger partial charge in [-0.25, -0.2) is 0 Å². The number of halogens is 1. The molecule has 1 aliphatic carbocycles. The molecule has 0 heterocycles. The largest absolute Gasteiger partial charge is 0.385 e. The Morgan fingerprint density at radius 1 is 1.06 bits per heavy atom. The maximum atomic E-state index is 3.63. The Labute approximate surface area is 119 Å². The number of hydrogen-bond donors (Lipinski definition) is 1. The van der Waals surface area contributed by atoms with Gasteiger partial charge in [0, 0.05) is 16.7 Å². The highest BCUT2D eigenvalue weighted by Crippen LogP contribution is 2.27. The molecular weight excluding hydrogens is 286 g/mol. The monoisotopic (exact) mass is 309 g/mol. The summed E-state index contributed by atoms with van der Waals surface area (Å²) in [4.78, 5) is 0. The van der Waals surface area contributed by atoms with Crippen LogP contribution in [-0.2, 0) is 0 Å². The van der Waals surface area contributed by atoms with Crippen LogP contribution in [0.15, 0.2) is 16.6 Å². The van der Waals surface area contributed by atoms with Crippen molar-refractivity contribution in [2.24, 2.45) is 5.92 Å². The molecule has 100 valence electrons. The van der Waals surface area contributed by atoms with Gasteiger partial charge in [0.2, 0.25) is 0 Å². The second kappa shape index (κ2) is 6.60. The maximum Gasteiger partial charge on any atom is 0.0346 e. The topological polar surface area (TPSA) is 12.0 Å². The zero-order valence-corrected chi connectivity index (χ0v) is 13.1. The zero-order chi connectivity index (χ0) is 13.0. The molecule has 1 N–H and O–H groups in total. The molecule has 1 fully saturated rings. The molecule has 0 amide bonds. The van der Waals surface area contributed by atoms with Gasteiger partial charge in [0.05, 0.1) is 0 Å². The molecule has 0 unspecified atom stereocenters. The van der Waals surface area contributed by atoms with E-state index >= 15 is 0 Å². The number of anilines is 1. The van der Waals surface area contributed by atoms with Crippen LogP contribution < -0.4 is 5.32 Å². The van der Waals surface area contributed by atoms with Crippen LogP contribution in [0.1, 0.15) is 49.7 Å². The highest BCUT2D eigenvalue weighted by molar-refractivity contribution is 9.10. The minimum atomic E-state index is 0.872. The van der Waals surface area contributed by atoms with Gasteiger partial charge in [-0.3, -0.25) is 0 Å². The van der Waals surface area contributed by atoms with E-state index in [-0.39, 0.29) is 0 Å². The number of benzene rings is 1. The fourth-order valence-electron chi connectivity index (χ4n) is 2.88. The van der Waals surface area contributed by atoms with Crippen LogP contribution in [0.3, 0.4) is 0 Å². The van der Waals surface area contributed by atoms with E-state index in [1.807, 2.05) is 0 Å². The summed E-state index contributed by atoms with van der Waals surface area (Å²) in [5.41, 5.74) is 3.91. The van der Waals surface area contributed by atoms with Crippen LogP contribution in [0.25, 0.3) is 0 Å². The Morgan fingerprint density at radius 3 is 2.17 bits per heavy atom. The Bertz CT molecular complexity index is 369. The molecule has 0 radical (unpaired) electrons. The summed E-state index contributed by atoms with van der Waals surface area (Å²) >= 11 is 3.62. The van der Waals surface area contributed by atoms with Crippen LogP contribution in [0, 0.1) is 19.8 Å². The predicted octanol–water partition coefficient (Wildman–Crippen LogP) is 5.45. The van der Waals surface area contributed by atoms with Crippen LogP contribution in [0.2, 0.25) is 0 Å². The van der Waals surface area contributed by atoms with Gasteiger partial charge in [0.1, 0.15) is 0 Å². The van der Waals surface area contributed by atoms with Crippen molar-refractivity contribution < 1.29 is 0 Å². The van der Waals surface area contributed by atoms with Gasteiger partial charge in [0.15, 0.2) is 0 Å². The highest BCUT2D eigenvalue weighted by Gasteiger charge is 2.12. The van der Waals surface area contributed by atoms with Gasteiger partial charge in [-0.2, -0.15) is 0 Å². The van der Waals surface area contributed by atoms with Gasteiger partial charge in [-0.05, 0) is 55.9 Å².